The lowest BCUT2D eigenvalue weighted by molar-refractivity contribution is -0.136. The first kappa shape index (κ1) is 15.5. The van der Waals surface area contributed by atoms with Crippen LogP contribution in [0.4, 0.5) is 5.82 Å². The number of carboxylic acid groups (broad SMARTS) is 1. The molecule has 0 aliphatic heterocycles. The number of carbonyl (C=O) groups is 1. The third-order valence-electron chi connectivity index (χ3n) is 1.53. The van der Waals surface area contributed by atoms with E-state index in [-0.39, 0.29) is 31.2 Å². The van der Waals surface area contributed by atoms with Gasteiger partial charge in [-0.05, 0) is 18.1 Å². The van der Waals surface area contributed by atoms with E-state index in [1.54, 1.807) is 18.3 Å². The molecule has 1 heterocycles. The van der Waals surface area contributed by atoms with E-state index in [0.29, 0.717) is 12.2 Å². The maximum absolute atomic E-state index is 10.2. The van der Waals surface area contributed by atoms with Crippen LogP contribution in [0.25, 0.3) is 0 Å². The van der Waals surface area contributed by atoms with E-state index in [1.165, 1.54) is 0 Å². The van der Waals surface area contributed by atoms with Gasteiger partial charge in [-0.2, -0.15) is 0 Å². The van der Waals surface area contributed by atoms with E-state index in [0.717, 1.165) is 5.56 Å². The Kier molecular flexibility index (Phi) is 8.19. The SMILES string of the molecule is Cl.Cl.Nc1ncccc1CCC(=O)O. The number of nitrogens with zero attached hydrogens (tertiary/aromatic N) is 1. The van der Waals surface area contributed by atoms with E-state index in [9.17, 15) is 4.79 Å². The second kappa shape index (κ2) is 7.41. The van der Waals surface area contributed by atoms with Crippen LogP contribution in [0.5, 0.6) is 0 Å². The fourth-order valence-electron chi connectivity index (χ4n) is 0.904. The zero-order valence-corrected chi connectivity index (χ0v) is 8.98. The number of anilines is 1. The summed E-state index contributed by atoms with van der Waals surface area (Å²) in [5.74, 6) is -0.406. The number of halogens is 2. The predicted octanol–water partition coefficient (Wildman–Crippen LogP) is 1.52. The molecule has 0 saturated heterocycles. The first-order chi connectivity index (χ1) is 5.70. The Hall–Kier alpha value is -1.00. The molecule has 3 N–H and O–H groups in total. The highest BCUT2D eigenvalue weighted by atomic mass is 35.5. The monoisotopic (exact) mass is 238 g/mol. The van der Waals surface area contributed by atoms with Crippen LogP contribution in [0.1, 0.15) is 12.0 Å². The van der Waals surface area contributed by atoms with Gasteiger partial charge >= 0.3 is 5.97 Å². The number of rotatable bonds is 3. The zero-order valence-electron chi connectivity index (χ0n) is 7.34. The third-order valence-corrected chi connectivity index (χ3v) is 1.53. The fourth-order valence-corrected chi connectivity index (χ4v) is 0.904. The van der Waals surface area contributed by atoms with Gasteiger partial charge in [0.2, 0.25) is 0 Å². The lowest BCUT2D eigenvalue weighted by atomic mass is 10.1. The van der Waals surface area contributed by atoms with Crippen molar-refractivity contribution >= 4 is 36.6 Å². The number of aromatic nitrogens is 1. The van der Waals surface area contributed by atoms with Crippen molar-refractivity contribution in [3.05, 3.63) is 23.9 Å². The van der Waals surface area contributed by atoms with E-state index < -0.39 is 5.97 Å². The molecule has 0 aliphatic rings. The summed E-state index contributed by atoms with van der Waals surface area (Å²) in [7, 11) is 0. The Bertz CT molecular complexity index is 294. The van der Waals surface area contributed by atoms with Crippen LogP contribution in [-0.4, -0.2) is 16.1 Å². The smallest absolute Gasteiger partial charge is 0.303 e. The molecule has 0 atom stereocenters. The second-order valence-corrected chi connectivity index (χ2v) is 2.44. The Balaban J connectivity index is 0. The molecule has 0 radical (unpaired) electrons. The summed E-state index contributed by atoms with van der Waals surface area (Å²) in [5.41, 5.74) is 6.29. The molecule has 1 aromatic rings. The molecule has 4 nitrogen and oxygen atoms in total. The van der Waals surface area contributed by atoms with Crippen LogP contribution in [0, 0.1) is 0 Å². The summed E-state index contributed by atoms with van der Waals surface area (Å²) in [4.78, 5) is 14.1. The maximum atomic E-state index is 10.2. The highest BCUT2D eigenvalue weighted by Gasteiger charge is 2.01. The van der Waals surface area contributed by atoms with Crippen LogP contribution in [-0.2, 0) is 11.2 Å². The van der Waals surface area contributed by atoms with Crippen molar-refractivity contribution in [2.24, 2.45) is 0 Å². The van der Waals surface area contributed by atoms with Crippen molar-refractivity contribution in [3.8, 4) is 0 Å². The summed E-state index contributed by atoms with van der Waals surface area (Å²) < 4.78 is 0. The van der Waals surface area contributed by atoms with Crippen molar-refractivity contribution in [2.75, 3.05) is 5.73 Å². The van der Waals surface area contributed by atoms with Gasteiger partial charge in [-0.3, -0.25) is 4.79 Å². The Labute approximate surface area is 94.3 Å². The maximum Gasteiger partial charge on any atom is 0.303 e. The summed E-state index contributed by atoms with van der Waals surface area (Å²) in [6.45, 7) is 0. The molecule has 0 aliphatic carbocycles. The number of aryl methyl sites for hydroxylation is 1. The van der Waals surface area contributed by atoms with Crippen molar-refractivity contribution in [3.63, 3.8) is 0 Å². The molecule has 0 unspecified atom stereocenters. The van der Waals surface area contributed by atoms with E-state index in [2.05, 4.69) is 4.98 Å². The topological polar surface area (TPSA) is 76.2 Å². The van der Waals surface area contributed by atoms with Gasteiger partial charge in [0.1, 0.15) is 5.82 Å². The number of carboxylic acids is 1. The molecule has 0 saturated carbocycles. The fraction of sp³-hybridized carbons (Fsp3) is 0.250. The first-order valence-corrected chi connectivity index (χ1v) is 3.61. The van der Waals surface area contributed by atoms with Gasteiger partial charge in [-0.1, -0.05) is 6.07 Å². The van der Waals surface area contributed by atoms with Gasteiger partial charge < -0.3 is 10.8 Å². The molecule has 0 bridgehead atoms. The lowest BCUT2D eigenvalue weighted by Gasteiger charge is -2.00. The van der Waals surface area contributed by atoms with Gasteiger partial charge in [0.15, 0.2) is 0 Å². The van der Waals surface area contributed by atoms with Gasteiger partial charge in [0.05, 0.1) is 0 Å². The Morgan fingerprint density at radius 2 is 2.14 bits per heavy atom. The zero-order chi connectivity index (χ0) is 8.97. The molecule has 80 valence electrons. The van der Waals surface area contributed by atoms with Crippen LogP contribution in [0.2, 0.25) is 0 Å². The number of aliphatic carboxylic acids is 1. The number of hydrogen-bond donors (Lipinski definition) is 2. The normalized spacial score (nSPS) is 8.29. The standard InChI is InChI=1S/C8H10N2O2.2ClH/c9-8-6(2-1-5-10-8)3-4-7(11)12;;/h1-2,5H,3-4H2,(H2,9,10)(H,11,12);2*1H. The first-order valence-electron chi connectivity index (χ1n) is 3.61. The average Bonchev–Trinajstić information content (AvgIpc) is 2.03. The molecular weight excluding hydrogens is 227 g/mol. The molecule has 0 amide bonds. The van der Waals surface area contributed by atoms with Crippen LogP contribution in [0.15, 0.2) is 18.3 Å². The van der Waals surface area contributed by atoms with Crippen molar-refractivity contribution in [1.29, 1.82) is 0 Å². The Morgan fingerprint density at radius 3 is 2.64 bits per heavy atom. The number of hydrogen-bond acceptors (Lipinski definition) is 3. The van der Waals surface area contributed by atoms with E-state index in [1.807, 2.05) is 0 Å². The highest BCUT2D eigenvalue weighted by Crippen LogP contribution is 2.08. The number of pyridine rings is 1. The summed E-state index contributed by atoms with van der Waals surface area (Å²) in [6.07, 6.45) is 2.12. The minimum Gasteiger partial charge on any atom is -0.481 e. The van der Waals surface area contributed by atoms with E-state index in [4.69, 9.17) is 10.8 Å². The van der Waals surface area contributed by atoms with Gasteiger partial charge in [0.25, 0.3) is 0 Å². The predicted molar refractivity (Wildman–Crippen MR) is 59.1 cm³/mol. The third kappa shape index (κ3) is 4.89. The van der Waals surface area contributed by atoms with Crippen molar-refractivity contribution in [2.45, 2.75) is 12.8 Å². The molecular formula is C8H12Cl2N2O2. The molecule has 6 heteroatoms. The van der Waals surface area contributed by atoms with Gasteiger partial charge in [-0.15, -0.1) is 24.8 Å². The van der Waals surface area contributed by atoms with E-state index >= 15 is 0 Å². The molecule has 0 fully saturated rings. The minimum absolute atomic E-state index is 0. The summed E-state index contributed by atoms with van der Waals surface area (Å²) in [6, 6.07) is 3.53. The van der Waals surface area contributed by atoms with Crippen LogP contribution >= 0.6 is 24.8 Å². The number of nitrogen functional groups attached to an aromatic ring is 1. The largest absolute Gasteiger partial charge is 0.481 e. The molecule has 14 heavy (non-hydrogen) atoms. The van der Waals surface area contributed by atoms with Crippen LogP contribution < -0.4 is 5.73 Å². The molecule has 1 aromatic heterocycles. The summed E-state index contributed by atoms with van der Waals surface area (Å²) >= 11 is 0. The molecule has 0 aromatic carbocycles. The van der Waals surface area contributed by atoms with Crippen LogP contribution in [0.3, 0.4) is 0 Å². The number of nitrogens with two attached hydrogens (primary N) is 1. The van der Waals surface area contributed by atoms with Gasteiger partial charge in [-0.25, -0.2) is 4.98 Å². The molecule has 1 rings (SSSR count). The molecule has 0 spiro atoms. The van der Waals surface area contributed by atoms with Gasteiger partial charge in [0, 0.05) is 12.6 Å². The quantitative estimate of drug-likeness (QED) is 0.838. The van der Waals surface area contributed by atoms with Crippen molar-refractivity contribution < 1.29 is 9.90 Å². The average molecular weight is 239 g/mol. The lowest BCUT2D eigenvalue weighted by Crippen LogP contribution is -2.01. The summed E-state index contributed by atoms with van der Waals surface area (Å²) in [5, 5.41) is 8.40. The minimum atomic E-state index is -0.821. The van der Waals surface area contributed by atoms with Crippen molar-refractivity contribution in [1.82, 2.24) is 4.98 Å². The Morgan fingerprint density at radius 1 is 1.50 bits per heavy atom. The highest BCUT2D eigenvalue weighted by molar-refractivity contribution is 5.85. The second-order valence-electron chi connectivity index (χ2n) is 2.44.